The molecule has 0 spiro atoms. The summed E-state index contributed by atoms with van der Waals surface area (Å²) in [6, 6.07) is 34.3. The summed E-state index contributed by atoms with van der Waals surface area (Å²) in [4.78, 5) is 19.0. The van der Waals surface area contributed by atoms with Crippen LogP contribution in [0.1, 0.15) is 0 Å². The van der Waals surface area contributed by atoms with E-state index in [1.54, 1.807) is 12.4 Å². The molecular weight excluding hydrogens is 536 g/mol. The highest BCUT2D eigenvalue weighted by molar-refractivity contribution is 9.10. The Morgan fingerprint density at radius 3 is 2.05 bits per heavy atom. The number of benzene rings is 4. The lowest BCUT2D eigenvalue weighted by molar-refractivity contribution is 0.669. The van der Waals surface area contributed by atoms with Crippen molar-refractivity contribution < 1.29 is 4.42 Å². The standard InChI is InChI=1S/C32H19BrN4O/c33-24-18-22(20-13-15-34-16-14-20)17-23(19-24)31-35-30(21-7-2-1-3-8-21)36-32(37-31)27-11-6-10-26-25-9-4-5-12-28(25)38-29(26)27/h1-19H. The van der Waals surface area contributed by atoms with E-state index in [1.165, 1.54) is 0 Å². The van der Waals surface area contributed by atoms with Gasteiger partial charge < -0.3 is 4.42 Å². The number of para-hydroxylation sites is 2. The fourth-order valence-electron chi connectivity index (χ4n) is 4.69. The predicted octanol–water partition coefficient (Wildman–Crippen LogP) is 8.60. The summed E-state index contributed by atoms with van der Waals surface area (Å²) in [5, 5.41) is 2.10. The van der Waals surface area contributed by atoms with Gasteiger partial charge in [-0.2, -0.15) is 0 Å². The Labute approximate surface area is 227 Å². The molecule has 38 heavy (non-hydrogen) atoms. The smallest absolute Gasteiger partial charge is 0.167 e. The molecule has 0 atom stereocenters. The molecule has 4 aromatic carbocycles. The number of halogens is 1. The zero-order valence-corrected chi connectivity index (χ0v) is 21.6. The van der Waals surface area contributed by atoms with E-state index in [1.807, 2.05) is 78.9 Å². The van der Waals surface area contributed by atoms with Crippen LogP contribution in [0.2, 0.25) is 0 Å². The first-order valence-corrected chi connectivity index (χ1v) is 13.0. The lowest BCUT2D eigenvalue weighted by Gasteiger charge is -2.10. The Kier molecular flexibility index (Phi) is 5.52. The van der Waals surface area contributed by atoms with E-state index in [9.17, 15) is 0 Å². The van der Waals surface area contributed by atoms with Crippen LogP contribution >= 0.6 is 15.9 Å². The molecule has 0 saturated carbocycles. The lowest BCUT2D eigenvalue weighted by atomic mass is 10.0. The number of hydrogen-bond acceptors (Lipinski definition) is 5. The Morgan fingerprint density at radius 2 is 1.21 bits per heavy atom. The second kappa shape index (κ2) is 9.32. The van der Waals surface area contributed by atoms with Crippen molar-refractivity contribution in [2.75, 3.05) is 0 Å². The van der Waals surface area contributed by atoms with Crippen molar-refractivity contribution in [3.05, 3.63) is 120 Å². The van der Waals surface area contributed by atoms with Gasteiger partial charge in [0.1, 0.15) is 11.2 Å². The number of pyridine rings is 1. The van der Waals surface area contributed by atoms with Gasteiger partial charge in [-0.1, -0.05) is 76.6 Å². The minimum Gasteiger partial charge on any atom is -0.455 e. The largest absolute Gasteiger partial charge is 0.455 e. The number of fused-ring (bicyclic) bond motifs is 3. The molecular formula is C32H19BrN4O. The Balaban J connectivity index is 1.47. The van der Waals surface area contributed by atoms with Gasteiger partial charge in [0.15, 0.2) is 17.5 Å². The van der Waals surface area contributed by atoms with Crippen LogP contribution in [0.4, 0.5) is 0 Å². The minimum atomic E-state index is 0.559. The molecule has 0 amide bonds. The van der Waals surface area contributed by atoms with Crippen LogP contribution in [0.25, 0.3) is 67.2 Å². The molecule has 5 nitrogen and oxygen atoms in total. The molecule has 0 N–H and O–H groups in total. The topological polar surface area (TPSA) is 64.7 Å². The normalized spacial score (nSPS) is 11.3. The van der Waals surface area contributed by atoms with Crippen LogP contribution in [0.15, 0.2) is 124 Å². The van der Waals surface area contributed by atoms with Gasteiger partial charge in [0, 0.05) is 38.8 Å². The highest BCUT2D eigenvalue weighted by Gasteiger charge is 2.18. The van der Waals surface area contributed by atoms with E-state index >= 15 is 0 Å². The maximum Gasteiger partial charge on any atom is 0.167 e. The zero-order chi connectivity index (χ0) is 25.5. The molecule has 3 aromatic heterocycles. The first-order chi connectivity index (χ1) is 18.7. The van der Waals surface area contributed by atoms with Crippen LogP contribution < -0.4 is 0 Å². The van der Waals surface area contributed by atoms with Gasteiger partial charge in [0.2, 0.25) is 0 Å². The second-order valence-electron chi connectivity index (χ2n) is 8.92. The first-order valence-electron chi connectivity index (χ1n) is 12.2. The summed E-state index contributed by atoms with van der Waals surface area (Å²) < 4.78 is 7.25. The molecule has 0 aliphatic carbocycles. The maximum absolute atomic E-state index is 6.31. The van der Waals surface area contributed by atoms with Gasteiger partial charge in [-0.3, -0.25) is 4.98 Å². The molecule has 0 saturated heterocycles. The highest BCUT2D eigenvalue weighted by Crippen LogP contribution is 2.36. The molecule has 0 bridgehead atoms. The molecule has 6 heteroatoms. The average molecular weight is 555 g/mol. The van der Waals surface area contributed by atoms with E-state index < -0.39 is 0 Å². The van der Waals surface area contributed by atoms with E-state index in [0.717, 1.165) is 54.2 Å². The summed E-state index contributed by atoms with van der Waals surface area (Å²) in [5.74, 6) is 1.74. The second-order valence-corrected chi connectivity index (χ2v) is 9.83. The predicted molar refractivity (Wildman–Crippen MR) is 154 cm³/mol. The number of nitrogens with zero attached hydrogens (tertiary/aromatic N) is 4. The third kappa shape index (κ3) is 4.05. The number of hydrogen-bond donors (Lipinski definition) is 0. The molecule has 3 heterocycles. The third-order valence-corrected chi connectivity index (χ3v) is 6.94. The quantitative estimate of drug-likeness (QED) is 0.218. The van der Waals surface area contributed by atoms with Gasteiger partial charge in [-0.15, -0.1) is 0 Å². The number of furan rings is 1. The van der Waals surface area contributed by atoms with Crippen LogP contribution in [0, 0.1) is 0 Å². The fraction of sp³-hybridized carbons (Fsp3) is 0. The van der Waals surface area contributed by atoms with E-state index in [4.69, 9.17) is 19.4 Å². The van der Waals surface area contributed by atoms with Crippen molar-refractivity contribution in [1.29, 1.82) is 0 Å². The van der Waals surface area contributed by atoms with Crippen molar-refractivity contribution in [1.82, 2.24) is 19.9 Å². The monoisotopic (exact) mass is 554 g/mol. The van der Waals surface area contributed by atoms with Crippen molar-refractivity contribution >= 4 is 37.9 Å². The lowest BCUT2D eigenvalue weighted by Crippen LogP contribution is -2.00. The minimum absolute atomic E-state index is 0.559. The van der Waals surface area contributed by atoms with Crippen molar-refractivity contribution in [3.8, 4) is 45.3 Å². The molecule has 0 aliphatic heterocycles. The molecule has 0 fully saturated rings. The SMILES string of the molecule is Brc1cc(-c2ccncc2)cc(-c2nc(-c3ccccc3)nc(-c3cccc4c3oc3ccccc34)n2)c1. The molecule has 0 radical (unpaired) electrons. The van der Waals surface area contributed by atoms with Gasteiger partial charge in [-0.25, -0.2) is 15.0 Å². The van der Waals surface area contributed by atoms with Gasteiger partial charge >= 0.3 is 0 Å². The van der Waals surface area contributed by atoms with E-state index in [2.05, 4.69) is 45.2 Å². The molecule has 7 rings (SSSR count). The first kappa shape index (κ1) is 22.5. The number of rotatable bonds is 4. The Hall–Kier alpha value is -4.68. The maximum atomic E-state index is 6.31. The van der Waals surface area contributed by atoms with Gasteiger partial charge in [0.05, 0.1) is 5.56 Å². The summed E-state index contributed by atoms with van der Waals surface area (Å²) in [7, 11) is 0. The van der Waals surface area contributed by atoms with Crippen LogP contribution in [0.5, 0.6) is 0 Å². The van der Waals surface area contributed by atoms with Crippen LogP contribution in [-0.4, -0.2) is 19.9 Å². The average Bonchev–Trinajstić information content (AvgIpc) is 3.36. The van der Waals surface area contributed by atoms with Crippen LogP contribution in [0.3, 0.4) is 0 Å². The van der Waals surface area contributed by atoms with Gasteiger partial charge in [0.25, 0.3) is 0 Å². The Morgan fingerprint density at radius 1 is 0.526 bits per heavy atom. The van der Waals surface area contributed by atoms with Crippen molar-refractivity contribution in [2.45, 2.75) is 0 Å². The van der Waals surface area contributed by atoms with Crippen molar-refractivity contribution in [2.24, 2.45) is 0 Å². The molecule has 0 unspecified atom stereocenters. The third-order valence-electron chi connectivity index (χ3n) is 6.48. The summed E-state index contributed by atoms with van der Waals surface area (Å²) in [6.07, 6.45) is 3.58. The summed E-state index contributed by atoms with van der Waals surface area (Å²) >= 11 is 3.68. The van der Waals surface area contributed by atoms with E-state index in [-0.39, 0.29) is 0 Å². The van der Waals surface area contributed by atoms with Crippen molar-refractivity contribution in [3.63, 3.8) is 0 Å². The highest BCUT2D eigenvalue weighted by atomic mass is 79.9. The summed E-state index contributed by atoms with van der Waals surface area (Å²) in [5.41, 5.74) is 6.32. The zero-order valence-electron chi connectivity index (χ0n) is 20.0. The molecule has 0 aliphatic rings. The fourth-order valence-corrected chi connectivity index (χ4v) is 5.19. The Bertz CT molecular complexity index is 1930. The summed E-state index contributed by atoms with van der Waals surface area (Å²) in [6.45, 7) is 0. The van der Waals surface area contributed by atoms with E-state index in [0.29, 0.717) is 17.5 Å². The molecule has 7 aromatic rings. The number of aromatic nitrogens is 4. The molecule has 180 valence electrons. The van der Waals surface area contributed by atoms with Gasteiger partial charge in [-0.05, 0) is 53.6 Å². The van der Waals surface area contributed by atoms with Crippen LogP contribution in [-0.2, 0) is 0 Å².